The first kappa shape index (κ1) is 21.3. The van der Waals surface area contributed by atoms with Gasteiger partial charge < -0.3 is 25.4 Å². The Morgan fingerprint density at radius 1 is 1.07 bits per heavy atom. The van der Waals surface area contributed by atoms with E-state index < -0.39 is 17.9 Å². The molecule has 2 aromatic carbocycles. The summed E-state index contributed by atoms with van der Waals surface area (Å²) in [5.74, 6) is 0.0420. The van der Waals surface area contributed by atoms with E-state index in [0.717, 1.165) is 0 Å². The monoisotopic (exact) mass is 411 g/mol. The van der Waals surface area contributed by atoms with E-state index in [9.17, 15) is 14.4 Å². The maximum atomic E-state index is 12.5. The Balaban J connectivity index is 1.54. The Labute approximate surface area is 174 Å². The molecule has 30 heavy (non-hydrogen) atoms. The number of hydrogen-bond donors (Lipinski definition) is 2. The summed E-state index contributed by atoms with van der Waals surface area (Å²) in [5.41, 5.74) is 5.82. The van der Waals surface area contributed by atoms with Gasteiger partial charge in [0.25, 0.3) is 5.91 Å². The third-order valence-corrected chi connectivity index (χ3v) is 4.93. The largest absolute Gasteiger partial charge is 0.457 e. The Morgan fingerprint density at radius 3 is 2.37 bits per heavy atom. The number of carbonyl (C=O) groups excluding carboxylic acids is 3. The quantitative estimate of drug-likeness (QED) is 0.685. The van der Waals surface area contributed by atoms with Crippen LogP contribution < -0.4 is 15.8 Å². The van der Waals surface area contributed by atoms with Gasteiger partial charge >= 0.3 is 0 Å². The second-order valence-corrected chi connectivity index (χ2v) is 7.14. The number of para-hydroxylation sites is 1. The molecule has 1 aliphatic rings. The first-order valence-corrected chi connectivity index (χ1v) is 9.67. The fourth-order valence-corrected chi connectivity index (χ4v) is 3.48. The zero-order chi connectivity index (χ0) is 21.5. The molecule has 2 atom stereocenters. The van der Waals surface area contributed by atoms with Crippen molar-refractivity contribution in [3.8, 4) is 11.5 Å². The summed E-state index contributed by atoms with van der Waals surface area (Å²) in [6.07, 6.45) is 0.464. The van der Waals surface area contributed by atoms with Crippen LogP contribution in [0.1, 0.15) is 16.8 Å². The highest BCUT2D eigenvalue weighted by molar-refractivity contribution is 5.97. The molecule has 1 heterocycles. The SMILES string of the molecule is COCC1CC(C(N)=O)N(C(=O)CNC(=O)c2ccc(Oc3ccccc3)cc2)C1. The molecule has 0 saturated carbocycles. The maximum absolute atomic E-state index is 12.5. The molecular formula is C22H25N3O5. The van der Waals surface area contributed by atoms with E-state index in [-0.39, 0.29) is 18.4 Å². The first-order chi connectivity index (χ1) is 14.5. The molecular weight excluding hydrogens is 386 g/mol. The smallest absolute Gasteiger partial charge is 0.251 e. The minimum absolute atomic E-state index is 0.0457. The lowest BCUT2D eigenvalue weighted by Gasteiger charge is -2.22. The molecule has 1 aliphatic heterocycles. The van der Waals surface area contributed by atoms with Gasteiger partial charge in [-0.1, -0.05) is 18.2 Å². The van der Waals surface area contributed by atoms with Gasteiger partial charge in [-0.3, -0.25) is 14.4 Å². The van der Waals surface area contributed by atoms with Crippen molar-refractivity contribution in [2.75, 3.05) is 26.8 Å². The molecule has 0 aliphatic carbocycles. The number of carbonyl (C=O) groups is 3. The van der Waals surface area contributed by atoms with Gasteiger partial charge in [0.15, 0.2) is 0 Å². The normalized spacial score (nSPS) is 18.1. The molecule has 3 rings (SSSR count). The number of benzene rings is 2. The van der Waals surface area contributed by atoms with E-state index in [4.69, 9.17) is 15.2 Å². The van der Waals surface area contributed by atoms with Crippen molar-refractivity contribution in [2.24, 2.45) is 11.7 Å². The van der Waals surface area contributed by atoms with Crippen LogP contribution in [0.15, 0.2) is 54.6 Å². The lowest BCUT2D eigenvalue weighted by atomic mass is 10.1. The highest BCUT2D eigenvalue weighted by atomic mass is 16.5. The number of amides is 3. The van der Waals surface area contributed by atoms with Gasteiger partial charge in [-0.05, 0) is 42.8 Å². The lowest BCUT2D eigenvalue weighted by Crippen LogP contribution is -2.47. The van der Waals surface area contributed by atoms with Crippen LogP contribution in [0.2, 0.25) is 0 Å². The van der Waals surface area contributed by atoms with Crippen LogP contribution in [0.3, 0.4) is 0 Å². The Bertz CT molecular complexity index is 885. The fourth-order valence-electron chi connectivity index (χ4n) is 3.48. The molecule has 8 nitrogen and oxygen atoms in total. The van der Waals surface area contributed by atoms with E-state index in [1.165, 1.54) is 4.90 Å². The minimum atomic E-state index is -0.677. The van der Waals surface area contributed by atoms with Gasteiger partial charge in [0.2, 0.25) is 11.8 Å². The zero-order valence-electron chi connectivity index (χ0n) is 16.7. The summed E-state index contributed by atoms with van der Waals surface area (Å²) < 4.78 is 10.8. The number of nitrogens with zero attached hydrogens (tertiary/aromatic N) is 1. The third kappa shape index (κ3) is 5.36. The molecule has 2 unspecified atom stereocenters. The van der Waals surface area contributed by atoms with Crippen LogP contribution in [0.5, 0.6) is 11.5 Å². The van der Waals surface area contributed by atoms with Crippen molar-refractivity contribution in [1.82, 2.24) is 10.2 Å². The maximum Gasteiger partial charge on any atom is 0.251 e. The van der Waals surface area contributed by atoms with Crippen molar-refractivity contribution in [3.05, 3.63) is 60.2 Å². The highest BCUT2D eigenvalue weighted by Crippen LogP contribution is 2.24. The predicted octanol–water partition coefficient (Wildman–Crippen LogP) is 1.56. The third-order valence-electron chi connectivity index (χ3n) is 4.93. The van der Waals surface area contributed by atoms with Gasteiger partial charge in [0.1, 0.15) is 17.5 Å². The van der Waals surface area contributed by atoms with Gasteiger partial charge in [-0.2, -0.15) is 0 Å². The van der Waals surface area contributed by atoms with Crippen molar-refractivity contribution in [3.63, 3.8) is 0 Å². The summed E-state index contributed by atoms with van der Waals surface area (Å²) in [6, 6.07) is 15.2. The number of ether oxygens (including phenoxy) is 2. The van der Waals surface area contributed by atoms with Crippen molar-refractivity contribution < 1.29 is 23.9 Å². The molecule has 0 aromatic heterocycles. The Morgan fingerprint density at radius 2 is 1.73 bits per heavy atom. The number of nitrogens with two attached hydrogens (primary N) is 1. The molecule has 0 radical (unpaired) electrons. The molecule has 2 aromatic rings. The topological polar surface area (TPSA) is 111 Å². The summed E-state index contributed by atoms with van der Waals surface area (Å²) >= 11 is 0. The van der Waals surface area contributed by atoms with E-state index in [2.05, 4.69) is 5.32 Å². The number of rotatable bonds is 8. The number of primary amides is 1. The zero-order valence-corrected chi connectivity index (χ0v) is 16.7. The number of nitrogens with one attached hydrogen (secondary N) is 1. The van der Waals surface area contributed by atoms with E-state index >= 15 is 0 Å². The number of methoxy groups -OCH3 is 1. The van der Waals surface area contributed by atoms with Crippen molar-refractivity contribution in [1.29, 1.82) is 0 Å². The second-order valence-electron chi connectivity index (χ2n) is 7.14. The molecule has 0 bridgehead atoms. The van der Waals surface area contributed by atoms with Crippen LogP contribution in [-0.4, -0.2) is 55.5 Å². The van der Waals surface area contributed by atoms with Gasteiger partial charge in [-0.15, -0.1) is 0 Å². The first-order valence-electron chi connectivity index (χ1n) is 9.67. The molecule has 3 amide bonds. The van der Waals surface area contributed by atoms with Gasteiger partial charge in [0.05, 0.1) is 13.2 Å². The molecule has 1 saturated heterocycles. The summed E-state index contributed by atoms with van der Waals surface area (Å²) in [5, 5.41) is 2.60. The van der Waals surface area contributed by atoms with Crippen molar-refractivity contribution in [2.45, 2.75) is 12.5 Å². The lowest BCUT2D eigenvalue weighted by molar-refractivity contribution is -0.136. The van der Waals surface area contributed by atoms with E-state index in [1.807, 2.05) is 30.3 Å². The molecule has 8 heteroatoms. The summed E-state index contributed by atoms with van der Waals surface area (Å²) in [4.78, 5) is 38.0. The van der Waals surface area contributed by atoms with Crippen LogP contribution in [0.25, 0.3) is 0 Å². The van der Waals surface area contributed by atoms with E-state index in [1.54, 1.807) is 31.4 Å². The fraction of sp³-hybridized carbons (Fsp3) is 0.318. The van der Waals surface area contributed by atoms with Crippen LogP contribution >= 0.6 is 0 Å². The minimum Gasteiger partial charge on any atom is -0.457 e. The Hall–Kier alpha value is -3.39. The van der Waals surface area contributed by atoms with Crippen LogP contribution in [0.4, 0.5) is 0 Å². The van der Waals surface area contributed by atoms with Crippen LogP contribution in [0, 0.1) is 5.92 Å². The van der Waals surface area contributed by atoms with Crippen molar-refractivity contribution >= 4 is 17.7 Å². The second kappa shape index (κ2) is 9.89. The molecule has 158 valence electrons. The van der Waals surface area contributed by atoms with E-state index in [0.29, 0.717) is 36.6 Å². The van der Waals surface area contributed by atoms with Gasteiger partial charge in [0, 0.05) is 25.1 Å². The summed E-state index contributed by atoms with van der Waals surface area (Å²) in [7, 11) is 1.57. The summed E-state index contributed by atoms with van der Waals surface area (Å²) in [6.45, 7) is 0.601. The molecule has 1 fully saturated rings. The number of hydrogen-bond acceptors (Lipinski definition) is 5. The predicted molar refractivity (Wildman–Crippen MR) is 110 cm³/mol. The van der Waals surface area contributed by atoms with Crippen LogP contribution in [-0.2, 0) is 14.3 Å². The Kier molecular flexibility index (Phi) is 7.03. The standard InChI is InChI=1S/C22H25N3O5/c1-29-14-15-11-19(21(23)27)25(13-15)20(26)12-24-22(28)16-7-9-18(10-8-16)30-17-5-3-2-4-6-17/h2-10,15,19H,11-14H2,1H3,(H2,23,27)(H,24,28). The average molecular weight is 411 g/mol. The number of likely N-dealkylation sites (tertiary alicyclic amines) is 1. The van der Waals surface area contributed by atoms with Gasteiger partial charge in [-0.25, -0.2) is 0 Å². The highest BCUT2D eigenvalue weighted by Gasteiger charge is 2.38. The molecule has 3 N–H and O–H groups in total. The average Bonchev–Trinajstić information content (AvgIpc) is 3.18. The molecule has 0 spiro atoms.